The van der Waals surface area contributed by atoms with E-state index in [1.807, 2.05) is 68.4 Å². The summed E-state index contributed by atoms with van der Waals surface area (Å²) in [6, 6.07) is 20.0. The van der Waals surface area contributed by atoms with E-state index in [4.69, 9.17) is 9.15 Å². The number of furan rings is 1. The highest BCUT2D eigenvalue weighted by molar-refractivity contribution is 6.09. The molecule has 0 saturated carbocycles. The van der Waals surface area contributed by atoms with Gasteiger partial charge in [0, 0.05) is 36.7 Å². The Morgan fingerprint density at radius 3 is 2.27 bits per heavy atom. The Morgan fingerprint density at radius 1 is 0.879 bits per heavy atom. The molecular weight excluding hydrogens is 418 g/mol. The Bertz CT molecular complexity index is 1320. The van der Waals surface area contributed by atoms with Crippen LogP contribution < -0.4 is 20.3 Å². The number of amides is 2. The summed E-state index contributed by atoms with van der Waals surface area (Å²) < 4.78 is 11.3. The molecule has 0 spiro atoms. The summed E-state index contributed by atoms with van der Waals surface area (Å²) in [5, 5.41) is 6.30. The first-order valence-electron chi connectivity index (χ1n) is 10.4. The number of hydrogen-bond donors (Lipinski definition) is 2. The minimum atomic E-state index is -0.419. The quantitative estimate of drug-likeness (QED) is 0.421. The van der Waals surface area contributed by atoms with Gasteiger partial charge in [0.2, 0.25) is 5.76 Å². The molecule has 168 valence electrons. The summed E-state index contributed by atoms with van der Waals surface area (Å²) in [6.07, 6.45) is 0. The Labute approximate surface area is 192 Å². The van der Waals surface area contributed by atoms with Crippen LogP contribution in [0.15, 0.2) is 71.1 Å². The minimum absolute atomic E-state index is 0.0650. The molecule has 0 aliphatic rings. The standard InChI is InChI=1S/C26H25N3O4/c1-16-8-10-18(11-9-16)27-26(31)24-23(32-4)21-15-19(12-13-22(21)33-24)28-25(30)17-6-5-7-20(14-17)29(2)3/h5-15H,1-4H3,(H,27,31)(H,28,30). The Morgan fingerprint density at radius 2 is 1.58 bits per heavy atom. The van der Waals surface area contributed by atoms with Crippen molar-refractivity contribution in [1.29, 1.82) is 0 Å². The summed E-state index contributed by atoms with van der Waals surface area (Å²) in [4.78, 5) is 27.5. The average Bonchev–Trinajstić information content (AvgIpc) is 3.18. The highest BCUT2D eigenvalue weighted by Crippen LogP contribution is 2.35. The van der Waals surface area contributed by atoms with E-state index in [1.54, 1.807) is 24.3 Å². The molecule has 0 aliphatic carbocycles. The Kier molecular flexibility index (Phi) is 6.04. The molecule has 1 heterocycles. The van der Waals surface area contributed by atoms with Gasteiger partial charge in [-0.3, -0.25) is 9.59 Å². The molecule has 0 bridgehead atoms. The number of rotatable bonds is 6. The number of anilines is 3. The predicted molar refractivity (Wildman–Crippen MR) is 131 cm³/mol. The van der Waals surface area contributed by atoms with Crippen LogP contribution in [0, 0.1) is 6.92 Å². The zero-order valence-corrected chi connectivity index (χ0v) is 18.9. The maximum atomic E-state index is 12.8. The SMILES string of the molecule is COc1c(C(=O)Nc2ccc(C)cc2)oc2ccc(NC(=O)c3cccc(N(C)C)c3)cc12. The first-order chi connectivity index (χ1) is 15.9. The molecule has 33 heavy (non-hydrogen) atoms. The smallest absolute Gasteiger partial charge is 0.295 e. The number of carbonyl (C=O) groups excluding carboxylic acids is 2. The van der Waals surface area contributed by atoms with Crippen molar-refractivity contribution < 1.29 is 18.7 Å². The maximum absolute atomic E-state index is 12.8. The fourth-order valence-electron chi connectivity index (χ4n) is 3.46. The Hall–Kier alpha value is -4.26. The third-order valence-corrected chi connectivity index (χ3v) is 5.24. The van der Waals surface area contributed by atoms with Crippen molar-refractivity contribution >= 4 is 39.8 Å². The number of fused-ring (bicyclic) bond motifs is 1. The van der Waals surface area contributed by atoms with Crippen molar-refractivity contribution in [3.63, 3.8) is 0 Å². The normalized spacial score (nSPS) is 10.7. The van der Waals surface area contributed by atoms with Crippen molar-refractivity contribution in [3.05, 3.63) is 83.6 Å². The van der Waals surface area contributed by atoms with Crippen LogP contribution in [0.4, 0.5) is 17.1 Å². The van der Waals surface area contributed by atoms with Gasteiger partial charge in [0.25, 0.3) is 11.8 Å². The van der Waals surface area contributed by atoms with Crippen molar-refractivity contribution in [3.8, 4) is 5.75 Å². The monoisotopic (exact) mass is 443 g/mol. The molecule has 0 unspecified atom stereocenters. The number of benzene rings is 3. The number of hydrogen-bond acceptors (Lipinski definition) is 5. The van der Waals surface area contributed by atoms with E-state index in [0.717, 1.165) is 11.3 Å². The van der Waals surface area contributed by atoms with Crippen molar-refractivity contribution in [2.45, 2.75) is 6.92 Å². The zero-order chi connectivity index (χ0) is 23.5. The van der Waals surface area contributed by atoms with Crippen LogP contribution in [0.25, 0.3) is 11.0 Å². The molecular formula is C26H25N3O4. The van der Waals surface area contributed by atoms with Crippen molar-refractivity contribution in [1.82, 2.24) is 0 Å². The largest absolute Gasteiger partial charge is 0.492 e. The molecule has 2 N–H and O–H groups in total. The molecule has 4 aromatic rings. The number of nitrogens with zero attached hydrogens (tertiary/aromatic N) is 1. The summed E-state index contributed by atoms with van der Waals surface area (Å²) >= 11 is 0. The van der Waals surface area contributed by atoms with Crippen LogP contribution in [0.2, 0.25) is 0 Å². The summed E-state index contributed by atoms with van der Waals surface area (Å²) in [6.45, 7) is 1.98. The number of ether oxygens (including phenoxy) is 1. The van der Waals surface area contributed by atoms with Gasteiger partial charge in [-0.25, -0.2) is 0 Å². The van der Waals surface area contributed by atoms with Crippen LogP contribution in [-0.2, 0) is 0 Å². The van der Waals surface area contributed by atoms with Gasteiger partial charge in [-0.05, 0) is 55.5 Å². The molecule has 0 atom stereocenters. The van der Waals surface area contributed by atoms with Gasteiger partial charge in [0.1, 0.15) is 5.58 Å². The molecule has 0 aliphatic heterocycles. The second kappa shape index (κ2) is 9.08. The van der Waals surface area contributed by atoms with E-state index < -0.39 is 5.91 Å². The average molecular weight is 444 g/mol. The van der Waals surface area contributed by atoms with Crippen molar-refractivity contribution in [2.75, 3.05) is 36.7 Å². The van der Waals surface area contributed by atoms with Crippen molar-refractivity contribution in [2.24, 2.45) is 0 Å². The zero-order valence-electron chi connectivity index (χ0n) is 18.9. The lowest BCUT2D eigenvalue weighted by molar-refractivity contribution is 0.0992. The highest BCUT2D eigenvalue weighted by atomic mass is 16.5. The van der Waals surface area contributed by atoms with E-state index in [0.29, 0.717) is 33.7 Å². The van der Waals surface area contributed by atoms with Gasteiger partial charge < -0.3 is 24.7 Å². The second-order valence-electron chi connectivity index (χ2n) is 7.89. The fourth-order valence-corrected chi connectivity index (χ4v) is 3.46. The number of methoxy groups -OCH3 is 1. The van der Waals surface area contributed by atoms with Crippen LogP contribution >= 0.6 is 0 Å². The minimum Gasteiger partial charge on any atom is -0.492 e. The number of nitrogens with one attached hydrogen (secondary N) is 2. The van der Waals surface area contributed by atoms with E-state index in [-0.39, 0.29) is 11.7 Å². The molecule has 2 amide bonds. The molecule has 0 fully saturated rings. The third-order valence-electron chi connectivity index (χ3n) is 5.24. The van der Waals surface area contributed by atoms with Gasteiger partial charge in [0.05, 0.1) is 12.5 Å². The Balaban J connectivity index is 1.59. The van der Waals surface area contributed by atoms with E-state index >= 15 is 0 Å². The molecule has 7 heteroatoms. The number of aryl methyl sites for hydroxylation is 1. The van der Waals surface area contributed by atoms with E-state index in [2.05, 4.69) is 10.6 Å². The van der Waals surface area contributed by atoms with Gasteiger partial charge >= 0.3 is 0 Å². The van der Waals surface area contributed by atoms with E-state index in [1.165, 1.54) is 7.11 Å². The summed E-state index contributed by atoms with van der Waals surface area (Å²) in [7, 11) is 5.32. The number of carbonyl (C=O) groups is 2. The lowest BCUT2D eigenvalue weighted by atomic mass is 10.1. The van der Waals surface area contributed by atoms with Gasteiger partial charge in [-0.1, -0.05) is 23.8 Å². The third kappa shape index (κ3) is 4.67. The highest BCUT2D eigenvalue weighted by Gasteiger charge is 2.22. The molecule has 3 aromatic carbocycles. The van der Waals surface area contributed by atoms with Crippen LogP contribution in [0.5, 0.6) is 5.75 Å². The van der Waals surface area contributed by atoms with Gasteiger partial charge in [-0.15, -0.1) is 0 Å². The first kappa shape index (κ1) is 22.0. The van der Waals surface area contributed by atoms with Crippen LogP contribution in [0.1, 0.15) is 26.5 Å². The topological polar surface area (TPSA) is 83.8 Å². The fraction of sp³-hybridized carbons (Fsp3) is 0.154. The lowest BCUT2D eigenvalue weighted by Crippen LogP contribution is -2.14. The molecule has 4 rings (SSSR count). The molecule has 0 saturated heterocycles. The van der Waals surface area contributed by atoms with Gasteiger partial charge in [0.15, 0.2) is 5.75 Å². The van der Waals surface area contributed by atoms with E-state index in [9.17, 15) is 9.59 Å². The van der Waals surface area contributed by atoms with Crippen LogP contribution in [-0.4, -0.2) is 33.0 Å². The molecule has 0 radical (unpaired) electrons. The van der Waals surface area contributed by atoms with Gasteiger partial charge in [-0.2, -0.15) is 0 Å². The maximum Gasteiger partial charge on any atom is 0.295 e. The lowest BCUT2D eigenvalue weighted by Gasteiger charge is -2.13. The predicted octanol–water partition coefficient (Wildman–Crippen LogP) is 5.32. The second-order valence-corrected chi connectivity index (χ2v) is 7.89. The molecule has 7 nitrogen and oxygen atoms in total. The van der Waals surface area contributed by atoms with Crippen LogP contribution in [0.3, 0.4) is 0 Å². The molecule has 1 aromatic heterocycles. The first-order valence-corrected chi connectivity index (χ1v) is 10.4. The summed E-state index contributed by atoms with van der Waals surface area (Å²) in [5.74, 6) is -0.286. The summed E-state index contributed by atoms with van der Waals surface area (Å²) in [5.41, 5.74) is 4.26.